The van der Waals surface area contributed by atoms with Crippen molar-refractivity contribution in [1.82, 2.24) is 9.88 Å². The van der Waals surface area contributed by atoms with Gasteiger partial charge in [0.15, 0.2) is 0 Å². The maximum atomic E-state index is 15.4. The number of nitrogens with zero attached hydrogens (tertiary/aromatic N) is 2. The molecule has 8 heteroatoms. The van der Waals surface area contributed by atoms with Crippen LogP contribution in [0.4, 0.5) is 4.39 Å². The number of alkyl halides is 1. The lowest BCUT2D eigenvalue weighted by Gasteiger charge is -2.36. The molecule has 1 unspecified atom stereocenters. The first kappa shape index (κ1) is 26.2. The molecule has 1 aliphatic rings. The van der Waals surface area contributed by atoms with E-state index in [2.05, 4.69) is 16.0 Å². The van der Waals surface area contributed by atoms with Gasteiger partial charge in [-0.1, -0.05) is 6.07 Å². The number of carboxylic acids is 1. The third-order valence-electron chi connectivity index (χ3n) is 6.99. The maximum Gasteiger partial charge on any atom is 0.308 e. The molecule has 0 spiro atoms. The Kier molecular flexibility index (Phi) is 9.04. The van der Waals surface area contributed by atoms with E-state index >= 15 is 4.39 Å². The molecule has 1 aromatic heterocycles. The first-order chi connectivity index (χ1) is 17.5. The number of likely N-dealkylation sites (tertiary alicyclic amines) is 1. The molecule has 2 heterocycles. The summed E-state index contributed by atoms with van der Waals surface area (Å²) in [5.74, 6) is 1.05. The van der Waals surface area contributed by atoms with Crippen LogP contribution in [-0.4, -0.2) is 60.6 Å². The molecule has 1 fully saturated rings. The number of aromatic nitrogens is 1. The second-order valence-corrected chi connectivity index (χ2v) is 10.3. The fourth-order valence-electron chi connectivity index (χ4n) is 4.94. The molecule has 6 nitrogen and oxygen atoms in total. The van der Waals surface area contributed by atoms with Crippen LogP contribution in [0.25, 0.3) is 10.9 Å². The van der Waals surface area contributed by atoms with Crippen molar-refractivity contribution in [2.45, 2.75) is 30.3 Å². The minimum atomic E-state index is -1.19. The maximum absolute atomic E-state index is 15.4. The second kappa shape index (κ2) is 12.4. The van der Waals surface area contributed by atoms with E-state index in [9.17, 15) is 9.90 Å². The molecule has 1 aliphatic heterocycles. The monoisotopic (exact) mass is 512 g/mol. The summed E-state index contributed by atoms with van der Waals surface area (Å²) in [7, 11) is 3.24. The van der Waals surface area contributed by atoms with Gasteiger partial charge < -0.3 is 19.5 Å². The van der Waals surface area contributed by atoms with Crippen LogP contribution < -0.4 is 9.47 Å². The molecule has 1 saturated heterocycles. The number of benzene rings is 2. The summed E-state index contributed by atoms with van der Waals surface area (Å²) in [5.41, 5.74) is 1.30. The van der Waals surface area contributed by atoms with Crippen molar-refractivity contribution in [1.29, 1.82) is 0 Å². The summed E-state index contributed by atoms with van der Waals surface area (Å²) >= 11 is 1.74. The van der Waals surface area contributed by atoms with E-state index < -0.39 is 18.1 Å². The van der Waals surface area contributed by atoms with E-state index in [1.807, 2.05) is 36.4 Å². The zero-order chi connectivity index (χ0) is 25.5. The molecule has 3 aromatic rings. The molecule has 0 aliphatic carbocycles. The van der Waals surface area contributed by atoms with Crippen molar-refractivity contribution >= 4 is 28.6 Å². The summed E-state index contributed by atoms with van der Waals surface area (Å²) in [6.45, 7) is 2.15. The highest BCUT2D eigenvalue weighted by atomic mass is 32.2. The standard InChI is InChI=1S/C28H33FN2O4S/c1-34-20-4-3-5-22(16-20)36-15-14-31-13-11-19(25(18-31)28(32)33)6-8-26(29)23-10-12-30-27-9-7-21(35-2)17-24(23)27/h3-5,7,9-10,12,16-17,19,25-26H,6,8,11,13-15,18H2,1-2H3,(H,32,33)/t19-,25+,26?/m1/s1. The van der Waals surface area contributed by atoms with Gasteiger partial charge in [0.2, 0.25) is 0 Å². The van der Waals surface area contributed by atoms with Crippen LogP contribution in [0.1, 0.15) is 31.0 Å². The minimum Gasteiger partial charge on any atom is -0.497 e. The summed E-state index contributed by atoms with van der Waals surface area (Å²) in [6, 6.07) is 15.1. The lowest BCUT2D eigenvalue weighted by atomic mass is 9.81. The number of piperidine rings is 1. The second-order valence-electron chi connectivity index (χ2n) is 9.15. The molecule has 0 radical (unpaired) electrons. The van der Waals surface area contributed by atoms with Gasteiger partial charge in [0.25, 0.3) is 0 Å². The predicted octanol–water partition coefficient (Wildman–Crippen LogP) is 5.86. The number of methoxy groups -OCH3 is 2. The number of rotatable bonds is 11. The van der Waals surface area contributed by atoms with Gasteiger partial charge in [0.1, 0.15) is 17.7 Å². The van der Waals surface area contributed by atoms with Gasteiger partial charge in [-0.25, -0.2) is 4.39 Å². The Labute approximate surface area is 215 Å². The number of hydrogen-bond acceptors (Lipinski definition) is 6. The fourth-order valence-corrected chi connectivity index (χ4v) is 5.90. The van der Waals surface area contributed by atoms with Crippen LogP contribution in [0, 0.1) is 11.8 Å². The number of halogens is 1. The van der Waals surface area contributed by atoms with Crippen molar-refractivity contribution in [2.24, 2.45) is 11.8 Å². The Bertz CT molecular complexity index is 1180. The quantitative estimate of drug-likeness (QED) is 0.323. The van der Waals surface area contributed by atoms with Gasteiger partial charge in [-0.3, -0.25) is 9.78 Å². The normalized spacial score (nSPS) is 19.2. The number of aliphatic carboxylic acids is 1. The van der Waals surface area contributed by atoms with E-state index in [0.717, 1.165) is 46.8 Å². The molecule has 0 bridgehead atoms. The van der Waals surface area contributed by atoms with Crippen molar-refractivity contribution < 1.29 is 23.8 Å². The van der Waals surface area contributed by atoms with Crippen LogP contribution in [0.5, 0.6) is 11.5 Å². The van der Waals surface area contributed by atoms with Crippen LogP contribution in [0.15, 0.2) is 59.6 Å². The molecule has 1 N–H and O–H groups in total. The van der Waals surface area contributed by atoms with Crippen molar-refractivity contribution in [3.05, 3.63) is 60.3 Å². The third kappa shape index (κ3) is 6.48. The highest BCUT2D eigenvalue weighted by Gasteiger charge is 2.34. The lowest BCUT2D eigenvalue weighted by Crippen LogP contribution is -2.44. The number of fused-ring (bicyclic) bond motifs is 1. The van der Waals surface area contributed by atoms with Gasteiger partial charge >= 0.3 is 5.97 Å². The minimum absolute atomic E-state index is 0.0364. The molecule has 2 aromatic carbocycles. The summed E-state index contributed by atoms with van der Waals surface area (Å²) in [4.78, 5) is 19.8. The Balaban J connectivity index is 1.32. The first-order valence-corrected chi connectivity index (χ1v) is 13.3. The molecule has 0 amide bonds. The lowest BCUT2D eigenvalue weighted by molar-refractivity contribution is -0.146. The van der Waals surface area contributed by atoms with Crippen LogP contribution >= 0.6 is 11.8 Å². The van der Waals surface area contributed by atoms with Crippen LogP contribution in [0.2, 0.25) is 0 Å². The average molecular weight is 513 g/mol. The molecular formula is C28H33FN2O4S. The largest absolute Gasteiger partial charge is 0.497 e. The number of ether oxygens (including phenoxy) is 2. The van der Waals surface area contributed by atoms with Crippen molar-refractivity contribution in [3.8, 4) is 11.5 Å². The van der Waals surface area contributed by atoms with Crippen molar-refractivity contribution in [3.63, 3.8) is 0 Å². The zero-order valence-electron chi connectivity index (χ0n) is 20.7. The molecule has 4 rings (SSSR count). The fraction of sp³-hybridized carbons (Fsp3) is 0.429. The molecule has 0 saturated carbocycles. The van der Waals surface area contributed by atoms with Crippen LogP contribution in [-0.2, 0) is 4.79 Å². The van der Waals surface area contributed by atoms with E-state index in [1.165, 1.54) is 0 Å². The highest BCUT2D eigenvalue weighted by molar-refractivity contribution is 7.99. The van der Waals surface area contributed by atoms with E-state index in [1.54, 1.807) is 38.2 Å². The summed E-state index contributed by atoms with van der Waals surface area (Å²) in [5, 5.41) is 10.6. The van der Waals surface area contributed by atoms with E-state index in [-0.39, 0.29) is 12.3 Å². The Morgan fingerprint density at radius 1 is 1.19 bits per heavy atom. The Morgan fingerprint density at radius 2 is 2.00 bits per heavy atom. The number of pyridine rings is 1. The number of carbonyl (C=O) groups is 1. The van der Waals surface area contributed by atoms with Gasteiger partial charge in [-0.15, -0.1) is 11.8 Å². The topological polar surface area (TPSA) is 71.9 Å². The average Bonchev–Trinajstić information content (AvgIpc) is 2.91. The summed E-state index contributed by atoms with van der Waals surface area (Å²) in [6.07, 6.45) is 2.03. The number of hydrogen-bond donors (Lipinski definition) is 1. The van der Waals surface area contributed by atoms with E-state index in [4.69, 9.17) is 9.47 Å². The van der Waals surface area contributed by atoms with Gasteiger partial charge in [-0.2, -0.15) is 0 Å². The Morgan fingerprint density at radius 3 is 2.78 bits per heavy atom. The Hall–Kier alpha value is -2.84. The summed E-state index contributed by atoms with van der Waals surface area (Å²) < 4.78 is 26.0. The molecule has 3 atom stereocenters. The first-order valence-electron chi connectivity index (χ1n) is 12.3. The van der Waals surface area contributed by atoms with Crippen molar-refractivity contribution in [2.75, 3.05) is 39.6 Å². The van der Waals surface area contributed by atoms with E-state index in [0.29, 0.717) is 24.3 Å². The zero-order valence-corrected chi connectivity index (χ0v) is 21.5. The number of carboxylic acid groups (broad SMARTS) is 1. The van der Waals surface area contributed by atoms with Gasteiger partial charge in [0.05, 0.1) is 25.7 Å². The number of thioether (sulfide) groups is 1. The molecule has 192 valence electrons. The molecule has 36 heavy (non-hydrogen) atoms. The molecular weight excluding hydrogens is 479 g/mol. The smallest absolute Gasteiger partial charge is 0.308 e. The third-order valence-corrected chi connectivity index (χ3v) is 7.96. The predicted molar refractivity (Wildman–Crippen MR) is 141 cm³/mol. The van der Waals surface area contributed by atoms with Crippen LogP contribution in [0.3, 0.4) is 0 Å². The SMILES string of the molecule is COc1cccc(SCCN2CC[C@@H](CCC(F)c3ccnc4ccc(OC)cc34)[C@@H](C(=O)O)C2)c1. The van der Waals surface area contributed by atoms with Gasteiger partial charge in [0, 0.05) is 35.3 Å². The highest BCUT2D eigenvalue weighted by Crippen LogP contribution is 2.35. The van der Waals surface area contributed by atoms with Gasteiger partial charge in [-0.05, 0) is 79.8 Å².